The maximum absolute atomic E-state index is 13.5. The summed E-state index contributed by atoms with van der Waals surface area (Å²) in [4.78, 5) is 16.2. The number of halogens is 2. The van der Waals surface area contributed by atoms with Crippen molar-refractivity contribution in [2.24, 2.45) is 5.92 Å². The number of hydrogen-bond acceptors (Lipinski definition) is 3. The van der Waals surface area contributed by atoms with Crippen LogP contribution >= 0.6 is 11.6 Å². The number of carbonyl (C=O) groups is 1. The van der Waals surface area contributed by atoms with E-state index in [4.69, 9.17) is 22.9 Å². The Morgan fingerprint density at radius 3 is 2.77 bits per heavy atom. The van der Waals surface area contributed by atoms with Crippen LogP contribution in [0, 0.1) is 18.3 Å². The lowest BCUT2D eigenvalue weighted by atomic mass is 9.83. The molecular weight excluding hydrogens is 355 g/mol. The largest absolute Gasteiger partial charge is 0.466 e. The number of carbonyl (C=O) groups excluding carboxylic acids is 1. The molecule has 0 amide bonds. The van der Waals surface area contributed by atoms with Gasteiger partial charge in [-0.15, -0.1) is 0 Å². The Kier molecular flexibility index (Phi) is 5.33. The van der Waals surface area contributed by atoms with Crippen molar-refractivity contribution in [3.63, 3.8) is 0 Å². The lowest BCUT2D eigenvalue weighted by Gasteiger charge is -2.30. The maximum Gasteiger partial charge on any atom is 0.335 e. The van der Waals surface area contributed by atoms with Gasteiger partial charge in [0.25, 0.3) is 0 Å². The van der Waals surface area contributed by atoms with E-state index in [1.807, 2.05) is 6.92 Å². The highest BCUT2D eigenvalue weighted by molar-refractivity contribution is 6.31. The van der Waals surface area contributed by atoms with Gasteiger partial charge in [0, 0.05) is 16.4 Å². The van der Waals surface area contributed by atoms with E-state index in [1.165, 1.54) is 38.2 Å². The van der Waals surface area contributed by atoms with Gasteiger partial charge >= 0.3 is 5.97 Å². The van der Waals surface area contributed by atoms with E-state index in [2.05, 4.69) is 10.2 Å². The first kappa shape index (κ1) is 18.5. The average molecular weight is 375 g/mol. The molecule has 136 valence electrons. The topological polar surface area (TPSA) is 42.7 Å². The Hall–Kier alpha value is -2.32. The van der Waals surface area contributed by atoms with Crippen LogP contribution in [0.25, 0.3) is 4.85 Å². The number of allylic oxidation sites excluding steroid dienone is 3. The standard InChI is InChI=1S/C20H20ClFN2O2/c1-11-19(23-2)17(14-8-7-13(22)10-15(14)21)18(20(25)26-3)16(24-11)9-6-12-4-5-12/h7-8,10,12,17,24H,4-6,9H2,1,3H3. The van der Waals surface area contributed by atoms with Crippen LogP contribution in [0.4, 0.5) is 4.39 Å². The number of nitrogens with one attached hydrogen (secondary N) is 1. The maximum atomic E-state index is 13.5. The van der Waals surface area contributed by atoms with Gasteiger partial charge in [0.2, 0.25) is 0 Å². The van der Waals surface area contributed by atoms with Crippen molar-refractivity contribution in [2.75, 3.05) is 7.11 Å². The molecule has 4 nitrogen and oxygen atoms in total. The molecule has 6 heteroatoms. The van der Waals surface area contributed by atoms with Crippen LogP contribution < -0.4 is 5.32 Å². The van der Waals surface area contributed by atoms with E-state index in [1.54, 1.807) is 0 Å². The first-order chi connectivity index (χ1) is 12.5. The molecule has 1 saturated carbocycles. The predicted octanol–water partition coefficient (Wildman–Crippen LogP) is 4.93. The summed E-state index contributed by atoms with van der Waals surface area (Å²) in [5.41, 5.74) is 2.74. The van der Waals surface area contributed by atoms with Crippen molar-refractivity contribution in [3.05, 3.63) is 68.7 Å². The number of esters is 1. The average Bonchev–Trinajstić information content (AvgIpc) is 3.43. The number of methoxy groups -OCH3 is 1. The third-order valence-corrected chi connectivity index (χ3v) is 5.24. The number of hydrogen-bond donors (Lipinski definition) is 1. The predicted molar refractivity (Wildman–Crippen MR) is 97.6 cm³/mol. The number of rotatable bonds is 5. The summed E-state index contributed by atoms with van der Waals surface area (Å²) >= 11 is 6.27. The summed E-state index contributed by atoms with van der Waals surface area (Å²) < 4.78 is 18.5. The van der Waals surface area contributed by atoms with Gasteiger partial charge in [0.05, 0.1) is 25.2 Å². The van der Waals surface area contributed by atoms with E-state index in [0.29, 0.717) is 34.9 Å². The van der Waals surface area contributed by atoms with E-state index in [9.17, 15) is 9.18 Å². The molecule has 1 unspecified atom stereocenters. The van der Waals surface area contributed by atoms with Gasteiger partial charge < -0.3 is 10.1 Å². The molecule has 0 aromatic heterocycles. The van der Waals surface area contributed by atoms with Crippen molar-refractivity contribution in [3.8, 4) is 0 Å². The van der Waals surface area contributed by atoms with Crippen molar-refractivity contribution in [2.45, 2.75) is 38.5 Å². The second-order valence-electron chi connectivity index (χ2n) is 6.71. The molecule has 1 aromatic rings. The van der Waals surface area contributed by atoms with E-state index < -0.39 is 17.7 Å². The lowest BCUT2D eigenvalue weighted by molar-refractivity contribution is -0.136. The fourth-order valence-electron chi connectivity index (χ4n) is 3.38. The van der Waals surface area contributed by atoms with Crippen molar-refractivity contribution in [1.82, 2.24) is 5.32 Å². The van der Waals surface area contributed by atoms with Gasteiger partial charge in [-0.2, -0.15) is 0 Å². The summed E-state index contributed by atoms with van der Waals surface area (Å²) in [6, 6.07) is 4.03. The molecule has 0 radical (unpaired) electrons. The Morgan fingerprint density at radius 1 is 1.46 bits per heavy atom. The molecule has 3 rings (SSSR count). The van der Waals surface area contributed by atoms with Crippen LogP contribution in [0.2, 0.25) is 5.02 Å². The summed E-state index contributed by atoms with van der Waals surface area (Å²) in [5.74, 6) is -0.927. The first-order valence-electron chi connectivity index (χ1n) is 8.57. The summed E-state index contributed by atoms with van der Waals surface area (Å²) in [6.45, 7) is 9.40. The quantitative estimate of drug-likeness (QED) is 0.586. The number of dihydropyridines is 1. The smallest absolute Gasteiger partial charge is 0.335 e. The molecule has 1 heterocycles. The SMILES string of the molecule is [C-]#[N+]C1=C(C)NC(CCC2CC2)=C(C(=O)OC)C1c1ccc(F)cc1Cl. The second kappa shape index (κ2) is 7.51. The zero-order valence-corrected chi connectivity index (χ0v) is 15.5. The fourth-order valence-corrected chi connectivity index (χ4v) is 3.65. The van der Waals surface area contributed by atoms with E-state index >= 15 is 0 Å². The highest BCUT2D eigenvalue weighted by Crippen LogP contribution is 2.44. The number of benzene rings is 1. The van der Waals surface area contributed by atoms with Gasteiger partial charge in [-0.1, -0.05) is 30.5 Å². The first-order valence-corrected chi connectivity index (χ1v) is 8.95. The molecule has 1 N–H and O–H groups in total. The zero-order chi connectivity index (χ0) is 18.8. The van der Waals surface area contributed by atoms with Gasteiger partial charge in [0.1, 0.15) is 5.82 Å². The van der Waals surface area contributed by atoms with E-state index in [-0.39, 0.29) is 5.02 Å². The molecule has 0 bridgehead atoms. The summed E-state index contributed by atoms with van der Waals surface area (Å²) in [7, 11) is 1.32. The second-order valence-corrected chi connectivity index (χ2v) is 7.12. The fraction of sp³-hybridized carbons (Fsp3) is 0.400. The Balaban J connectivity index is 2.13. The van der Waals surface area contributed by atoms with E-state index in [0.717, 1.165) is 12.1 Å². The van der Waals surface area contributed by atoms with Crippen molar-refractivity contribution in [1.29, 1.82) is 0 Å². The summed E-state index contributed by atoms with van der Waals surface area (Å²) in [6.07, 6.45) is 4.12. The molecule has 2 aliphatic rings. The molecule has 0 spiro atoms. The van der Waals surface area contributed by atoms with Gasteiger partial charge in [-0.3, -0.25) is 0 Å². The lowest BCUT2D eigenvalue weighted by Crippen LogP contribution is -2.29. The molecule has 0 saturated heterocycles. The van der Waals surface area contributed by atoms with Crippen LogP contribution in [0.5, 0.6) is 0 Å². The van der Waals surface area contributed by atoms with Gasteiger partial charge in [-0.05, 0) is 43.4 Å². The highest BCUT2D eigenvalue weighted by Gasteiger charge is 2.37. The third-order valence-electron chi connectivity index (χ3n) is 4.91. The van der Waals surface area contributed by atoms with Crippen LogP contribution in [-0.2, 0) is 9.53 Å². The minimum atomic E-state index is -0.663. The molecule has 1 aliphatic heterocycles. The van der Waals surface area contributed by atoms with Crippen LogP contribution in [0.15, 0.2) is 40.9 Å². The molecular formula is C20H20ClFN2O2. The molecule has 1 aromatic carbocycles. The molecule has 1 aliphatic carbocycles. The Morgan fingerprint density at radius 2 is 2.19 bits per heavy atom. The number of ether oxygens (including phenoxy) is 1. The van der Waals surface area contributed by atoms with Crippen molar-refractivity contribution < 1.29 is 13.9 Å². The number of nitrogens with zero attached hydrogens (tertiary/aromatic N) is 1. The molecule has 1 fully saturated rings. The minimum absolute atomic E-state index is 0.189. The van der Waals surface area contributed by atoms with Gasteiger partial charge in [-0.25, -0.2) is 14.0 Å². The molecule has 1 atom stereocenters. The highest BCUT2D eigenvalue weighted by atomic mass is 35.5. The van der Waals surface area contributed by atoms with Crippen LogP contribution in [0.1, 0.15) is 44.1 Å². The summed E-state index contributed by atoms with van der Waals surface area (Å²) in [5, 5.41) is 3.41. The van der Waals surface area contributed by atoms with Gasteiger partial charge in [0.15, 0.2) is 5.70 Å². The third kappa shape index (κ3) is 3.61. The van der Waals surface area contributed by atoms with Crippen LogP contribution in [0.3, 0.4) is 0 Å². The molecule has 26 heavy (non-hydrogen) atoms. The van der Waals surface area contributed by atoms with Crippen LogP contribution in [-0.4, -0.2) is 13.1 Å². The Labute approximate surface area is 157 Å². The monoisotopic (exact) mass is 374 g/mol. The van der Waals surface area contributed by atoms with Crippen molar-refractivity contribution >= 4 is 17.6 Å². The minimum Gasteiger partial charge on any atom is -0.466 e. The Bertz CT molecular complexity index is 850. The normalized spacial score (nSPS) is 19.9. The zero-order valence-electron chi connectivity index (χ0n) is 14.7.